The molecule has 3 rings (SSSR count). The second kappa shape index (κ2) is 7.62. The van der Waals surface area contributed by atoms with E-state index in [1.54, 1.807) is 29.6 Å². The lowest BCUT2D eigenvalue weighted by Gasteiger charge is -2.03. The molecule has 0 spiro atoms. The van der Waals surface area contributed by atoms with Gasteiger partial charge in [0.05, 0.1) is 12.1 Å². The highest BCUT2D eigenvalue weighted by atomic mass is 79.9. The maximum absolute atomic E-state index is 12.3. The minimum absolute atomic E-state index is 0.122. The highest BCUT2D eigenvalue weighted by Gasteiger charge is 2.14. The SMILES string of the molecule is CC(=O)NCc1ccc(-c2csc(NC(=O)c3ccccc3Br)n2)o1. The fourth-order valence-electron chi connectivity index (χ4n) is 2.08. The molecule has 2 heterocycles. The second-order valence-corrected chi connectivity index (χ2v) is 6.86. The molecule has 0 aliphatic heterocycles. The number of hydrogen-bond donors (Lipinski definition) is 2. The van der Waals surface area contributed by atoms with Crippen molar-refractivity contribution in [2.24, 2.45) is 0 Å². The predicted octanol–water partition coefficient (Wildman–Crippen LogP) is 4.05. The number of carbonyl (C=O) groups is 2. The molecule has 0 saturated carbocycles. The van der Waals surface area contributed by atoms with E-state index in [9.17, 15) is 9.59 Å². The first-order chi connectivity index (χ1) is 12.0. The Balaban J connectivity index is 1.69. The number of aromatic nitrogens is 1. The first kappa shape index (κ1) is 17.4. The summed E-state index contributed by atoms with van der Waals surface area (Å²) in [5, 5.41) is 7.73. The smallest absolute Gasteiger partial charge is 0.258 e. The zero-order valence-electron chi connectivity index (χ0n) is 13.2. The summed E-state index contributed by atoms with van der Waals surface area (Å²) in [6.45, 7) is 1.77. The molecule has 8 heteroatoms. The normalized spacial score (nSPS) is 10.5. The average Bonchev–Trinajstić information content (AvgIpc) is 3.22. The summed E-state index contributed by atoms with van der Waals surface area (Å²) in [5.41, 5.74) is 1.16. The monoisotopic (exact) mass is 419 g/mol. The Hall–Kier alpha value is -2.45. The van der Waals surface area contributed by atoms with Gasteiger partial charge in [-0.05, 0) is 40.2 Å². The molecule has 0 atom stereocenters. The van der Waals surface area contributed by atoms with Crippen LogP contribution < -0.4 is 10.6 Å². The van der Waals surface area contributed by atoms with Crippen LogP contribution in [0.15, 0.2) is 50.7 Å². The number of hydrogen-bond acceptors (Lipinski definition) is 5. The molecule has 1 aromatic carbocycles. The average molecular weight is 420 g/mol. The number of nitrogens with one attached hydrogen (secondary N) is 2. The van der Waals surface area contributed by atoms with Crippen LogP contribution in [-0.2, 0) is 11.3 Å². The summed E-state index contributed by atoms with van der Waals surface area (Å²) >= 11 is 4.67. The molecule has 0 fully saturated rings. The number of halogens is 1. The fourth-order valence-corrected chi connectivity index (χ4v) is 3.24. The van der Waals surface area contributed by atoms with Gasteiger partial charge in [-0.25, -0.2) is 4.98 Å². The van der Waals surface area contributed by atoms with E-state index in [0.29, 0.717) is 34.5 Å². The predicted molar refractivity (Wildman–Crippen MR) is 99.4 cm³/mol. The van der Waals surface area contributed by atoms with Crippen LogP contribution >= 0.6 is 27.3 Å². The van der Waals surface area contributed by atoms with Crippen LogP contribution in [0.3, 0.4) is 0 Å². The Bertz CT molecular complexity index is 919. The highest BCUT2D eigenvalue weighted by molar-refractivity contribution is 9.10. The van der Waals surface area contributed by atoms with Gasteiger partial charge in [-0.2, -0.15) is 0 Å². The van der Waals surface area contributed by atoms with Gasteiger partial charge in [0.25, 0.3) is 5.91 Å². The van der Waals surface area contributed by atoms with E-state index < -0.39 is 0 Å². The van der Waals surface area contributed by atoms with Gasteiger partial charge in [-0.15, -0.1) is 11.3 Å². The van der Waals surface area contributed by atoms with Crippen molar-refractivity contribution in [1.82, 2.24) is 10.3 Å². The molecule has 2 amide bonds. The third-order valence-electron chi connectivity index (χ3n) is 3.27. The molecule has 0 saturated heterocycles. The maximum atomic E-state index is 12.3. The van der Waals surface area contributed by atoms with Crippen molar-refractivity contribution in [3.8, 4) is 11.5 Å². The molecule has 0 aliphatic rings. The van der Waals surface area contributed by atoms with Crippen LogP contribution in [-0.4, -0.2) is 16.8 Å². The van der Waals surface area contributed by atoms with Crippen LogP contribution in [0.2, 0.25) is 0 Å². The van der Waals surface area contributed by atoms with E-state index in [-0.39, 0.29) is 11.8 Å². The topological polar surface area (TPSA) is 84.2 Å². The van der Waals surface area contributed by atoms with E-state index in [1.807, 2.05) is 12.1 Å². The van der Waals surface area contributed by atoms with E-state index in [2.05, 4.69) is 31.5 Å². The summed E-state index contributed by atoms with van der Waals surface area (Å²) in [5.74, 6) is 0.859. The van der Waals surface area contributed by atoms with Crippen molar-refractivity contribution >= 4 is 44.2 Å². The first-order valence-electron chi connectivity index (χ1n) is 7.38. The molecule has 25 heavy (non-hydrogen) atoms. The van der Waals surface area contributed by atoms with Gasteiger partial charge in [0, 0.05) is 16.8 Å². The minimum atomic E-state index is -0.237. The highest BCUT2D eigenvalue weighted by Crippen LogP contribution is 2.27. The minimum Gasteiger partial charge on any atom is -0.458 e. The Kier molecular flexibility index (Phi) is 5.30. The van der Waals surface area contributed by atoms with Crippen molar-refractivity contribution in [2.75, 3.05) is 5.32 Å². The number of amides is 2. The Labute approximate surface area is 156 Å². The molecule has 0 unspecified atom stereocenters. The van der Waals surface area contributed by atoms with Gasteiger partial charge in [0.1, 0.15) is 11.5 Å². The number of rotatable bonds is 5. The van der Waals surface area contributed by atoms with Crippen LogP contribution in [0.1, 0.15) is 23.0 Å². The Morgan fingerprint density at radius 1 is 1.24 bits per heavy atom. The van der Waals surface area contributed by atoms with E-state index in [4.69, 9.17) is 4.42 Å². The summed E-state index contributed by atoms with van der Waals surface area (Å²) in [7, 11) is 0. The van der Waals surface area contributed by atoms with E-state index in [0.717, 1.165) is 4.47 Å². The van der Waals surface area contributed by atoms with Crippen LogP contribution in [0.4, 0.5) is 5.13 Å². The zero-order valence-corrected chi connectivity index (χ0v) is 15.6. The van der Waals surface area contributed by atoms with Gasteiger partial charge in [-0.1, -0.05) is 12.1 Å². The molecular weight excluding hydrogens is 406 g/mol. The molecule has 128 valence electrons. The van der Waals surface area contributed by atoms with Crippen molar-refractivity contribution in [3.63, 3.8) is 0 Å². The number of furan rings is 1. The molecule has 2 aromatic heterocycles. The standard InChI is InChI=1S/C17H14BrN3O3S/c1-10(22)19-8-11-6-7-15(24-11)14-9-25-17(20-14)21-16(23)12-4-2-3-5-13(12)18/h2-7,9H,8H2,1H3,(H,19,22)(H,20,21,23). The van der Waals surface area contributed by atoms with Gasteiger partial charge < -0.3 is 9.73 Å². The number of benzene rings is 1. The lowest BCUT2D eigenvalue weighted by atomic mass is 10.2. The Morgan fingerprint density at radius 2 is 2.04 bits per heavy atom. The molecule has 0 radical (unpaired) electrons. The zero-order chi connectivity index (χ0) is 17.8. The molecule has 2 N–H and O–H groups in total. The second-order valence-electron chi connectivity index (χ2n) is 5.15. The van der Waals surface area contributed by atoms with Crippen molar-refractivity contribution < 1.29 is 14.0 Å². The molecule has 0 aliphatic carbocycles. The van der Waals surface area contributed by atoms with Crippen molar-refractivity contribution in [1.29, 1.82) is 0 Å². The molecule has 0 bridgehead atoms. The summed E-state index contributed by atoms with van der Waals surface area (Å²) in [6.07, 6.45) is 0. The quantitative estimate of drug-likeness (QED) is 0.652. The van der Waals surface area contributed by atoms with Gasteiger partial charge in [-0.3, -0.25) is 14.9 Å². The van der Waals surface area contributed by atoms with Crippen LogP contribution in [0.25, 0.3) is 11.5 Å². The molecule has 6 nitrogen and oxygen atoms in total. The maximum Gasteiger partial charge on any atom is 0.258 e. The number of nitrogens with zero attached hydrogens (tertiary/aromatic N) is 1. The first-order valence-corrected chi connectivity index (χ1v) is 9.05. The van der Waals surface area contributed by atoms with Crippen LogP contribution in [0, 0.1) is 0 Å². The number of anilines is 1. The summed E-state index contributed by atoms with van der Waals surface area (Å²) in [6, 6.07) is 10.7. The number of carbonyl (C=O) groups excluding carboxylic acids is 2. The third kappa shape index (κ3) is 4.34. The third-order valence-corrected chi connectivity index (χ3v) is 4.72. The van der Waals surface area contributed by atoms with Gasteiger partial charge in [0.15, 0.2) is 10.9 Å². The van der Waals surface area contributed by atoms with Crippen molar-refractivity contribution in [2.45, 2.75) is 13.5 Å². The van der Waals surface area contributed by atoms with Gasteiger partial charge in [0.2, 0.25) is 5.91 Å². The van der Waals surface area contributed by atoms with Crippen molar-refractivity contribution in [3.05, 3.63) is 57.6 Å². The lowest BCUT2D eigenvalue weighted by Crippen LogP contribution is -2.18. The van der Waals surface area contributed by atoms with Crippen LogP contribution in [0.5, 0.6) is 0 Å². The van der Waals surface area contributed by atoms with Gasteiger partial charge >= 0.3 is 0 Å². The van der Waals surface area contributed by atoms with E-state index in [1.165, 1.54) is 18.3 Å². The lowest BCUT2D eigenvalue weighted by molar-refractivity contribution is -0.119. The number of thiazole rings is 1. The van der Waals surface area contributed by atoms with E-state index >= 15 is 0 Å². The summed E-state index contributed by atoms with van der Waals surface area (Å²) in [4.78, 5) is 27.6. The fraction of sp³-hybridized carbons (Fsp3) is 0.118. The largest absolute Gasteiger partial charge is 0.458 e. The Morgan fingerprint density at radius 3 is 2.80 bits per heavy atom. The molecular formula is C17H14BrN3O3S. The molecule has 3 aromatic rings. The summed E-state index contributed by atoms with van der Waals surface area (Å²) < 4.78 is 6.37.